The number of carbonyl (C=O) groups is 3. The van der Waals surface area contributed by atoms with Gasteiger partial charge in [-0.3, -0.25) is 9.59 Å². The van der Waals surface area contributed by atoms with Crippen molar-refractivity contribution in [3.8, 4) is 0 Å². The first kappa shape index (κ1) is 29.0. The summed E-state index contributed by atoms with van der Waals surface area (Å²) in [6.45, 7) is 9.03. The molecule has 3 N–H and O–H groups in total. The lowest BCUT2D eigenvalue weighted by atomic mass is 9.83. The normalized spacial score (nSPS) is 32.9. The van der Waals surface area contributed by atoms with Crippen LogP contribution in [0.4, 0.5) is 0 Å². The Morgan fingerprint density at radius 2 is 1.76 bits per heavy atom. The first-order valence-electron chi connectivity index (χ1n) is 11.6. The average Bonchev–Trinajstić information content (AvgIpc) is 2.76. The highest BCUT2D eigenvalue weighted by molar-refractivity contribution is 5.85. The lowest BCUT2D eigenvalue weighted by molar-refractivity contribution is -0.165. The summed E-state index contributed by atoms with van der Waals surface area (Å²) in [5.41, 5.74) is 0.665. The first-order valence-corrected chi connectivity index (χ1v) is 11.6. The Morgan fingerprint density at radius 1 is 1.15 bits per heavy atom. The number of carbonyl (C=O) groups excluding carboxylic acids is 2. The topological polar surface area (TPSA) is 130 Å². The van der Waals surface area contributed by atoms with Crippen molar-refractivity contribution < 1.29 is 39.2 Å². The average molecular weight is 469 g/mol. The van der Waals surface area contributed by atoms with E-state index in [-0.39, 0.29) is 24.0 Å². The molecule has 0 spiro atoms. The SMILES string of the molecule is CO[C@H](CC(=O)O)[C@@H](C)C(=O)[C@H](C)[C@H]1OC(=O)[C@H](O)[C@H](O)/C=C/[C@H](C)CCC[C@H](C)/C=C/1C. The van der Waals surface area contributed by atoms with E-state index in [0.29, 0.717) is 5.57 Å². The van der Waals surface area contributed by atoms with Crippen molar-refractivity contribution in [3.05, 3.63) is 23.8 Å². The molecule has 0 bridgehead atoms. The molecule has 1 aliphatic heterocycles. The minimum absolute atomic E-state index is 0.180. The molecule has 1 heterocycles. The van der Waals surface area contributed by atoms with Gasteiger partial charge in [-0.25, -0.2) is 4.79 Å². The van der Waals surface area contributed by atoms with Crippen LogP contribution in [0.2, 0.25) is 0 Å². The van der Waals surface area contributed by atoms with Gasteiger partial charge in [0.05, 0.1) is 18.4 Å². The molecule has 0 saturated carbocycles. The van der Waals surface area contributed by atoms with E-state index in [1.54, 1.807) is 26.8 Å². The van der Waals surface area contributed by atoms with Crippen LogP contribution in [0.1, 0.15) is 60.3 Å². The number of ketones is 1. The monoisotopic (exact) mass is 468 g/mol. The fraction of sp³-hybridized carbons (Fsp3) is 0.720. The fourth-order valence-electron chi connectivity index (χ4n) is 4.20. The summed E-state index contributed by atoms with van der Waals surface area (Å²) in [6, 6.07) is 0. The highest BCUT2D eigenvalue weighted by Crippen LogP contribution is 2.27. The van der Waals surface area contributed by atoms with E-state index >= 15 is 0 Å². The zero-order valence-corrected chi connectivity index (χ0v) is 20.6. The van der Waals surface area contributed by atoms with Crippen molar-refractivity contribution in [1.29, 1.82) is 0 Å². The second-order valence-corrected chi connectivity index (χ2v) is 9.33. The van der Waals surface area contributed by atoms with Crippen LogP contribution in [0, 0.1) is 23.7 Å². The predicted molar refractivity (Wildman–Crippen MR) is 123 cm³/mol. The molecule has 0 fully saturated rings. The molecule has 0 aromatic rings. The van der Waals surface area contributed by atoms with Gasteiger partial charge < -0.3 is 24.8 Å². The second-order valence-electron chi connectivity index (χ2n) is 9.33. The van der Waals surface area contributed by atoms with Gasteiger partial charge in [-0.2, -0.15) is 0 Å². The van der Waals surface area contributed by atoms with Gasteiger partial charge in [-0.05, 0) is 37.2 Å². The van der Waals surface area contributed by atoms with Gasteiger partial charge in [0, 0.05) is 13.0 Å². The van der Waals surface area contributed by atoms with Crippen LogP contribution >= 0.6 is 0 Å². The summed E-state index contributed by atoms with van der Waals surface area (Å²) in [5, 5.41) is 29.6. The Hall–Kier alpha value is -2.03. The molecule has 0 aliphatic carbocycles. The number of rotatable bonds is 7. The van der Waals surface area contributed by atoms with Crippen molar-refractivity contribution in [2.75, 3.05) is 7.11 Å². The number of aliphatic hydroxyl groups is 2. The van der Waals surface area contributed by atoms with Crippen LogP contribution in [-0.2, 0) is 23.9 Å². The molecule has 8 heteroatoms. The molecule has 188 valence electrons. The highest BCUT2D eigenvalue weighted by atomic mass is 16.6. The summed E-state index contributed by atoms with van der Waals surface area (Å²) in [5.74, 6) is -3.61. The molecule has 0 radical (unpaired) electrons. The van der Waals surface area contributed by atoms with E-state index in [4.69, 9.17) is 14.6 Å². The Labute approximate surface area is 196 Å². The van der Waals surface area contributed by atoms with Crippen LogP contribution in [0.15, 0.2) is 23.8 Å². The minimum atomic E-state index is -1.79. The lowest BCUT2D eigenvalue weighted by Gasteiger charge is -2.30. The molecule has 1 aliphatic rings. The third-order valence-electron chi connectivity index (χ3n) is 6.35. The fourth-order valence-corrected chi connectivity index (χ4v) is 4.20. The molecule has 8 nitrogen and oxygen atoms in total. The third kappa shape index (κ3) is 9.02. The molecule has 0 saturated heterocycles. The predicted octanol–water partition coefficient (Wildman–Crippen LogP) is 2.91. The van der Waals surface area contributed by atoms with E-state index in [1.807, 2.05) is 13.0 Å². The number of ether oxygens (including phenoxy) is 2. The maximum Gasteiger partial charge on any atom is 0.338 e. The zero-order chi connectivity index (χ0) is 25.3. The highest BCUT2D eigenvalue weighted by Gasteiger charge is 2.37. The van der Waals surface area contributed by atoms with E-state index in [0.717, 1.165) is 19.3 Å². The van der Waals surface area contributed by atoms with Crippen LogP contribution in [0.5, 0.6) is 0 Å². The summed E-state index contributed by atoms with van der Waals surface area (Å²) in [6.07, 6.45) is 2.56. The lowest BCUT2D eigenvalue weighted by Crippen LogP contribution is -2.42. The second kappa shape index (κ2) is 13.6. The zero-order valence-electron chi connectivity index (χ0n) is 20.6. The Bertz CT molecular complexity index is 728. The Kier molecular flexibility index (Phi) is 12.0. The van der Waals surface area contributed by atoms with E-state index < -0.39 is 48.2 Å². The van der Waals surface area contributed by atoms with Crippen molar-refractivity contribution in [3.63, 3.8) is 0 Å². The number of hydrogen-bond acceptors (Lipinski definition) is 7. The van der Waals surface area contributed by atoms with Crippen molar-refractivity contribution in [1.82, 2.24) is 0 Å². The Balaban J connectivity index is 3.23. The number of cyclic esters (lactones) is 1. The van der Waals surface area contributed by atoms with Crippen LogP contribution in [0.25, 0.3) is 0 Å². The van der Waals surface area contributed by atoms with Gasteiger partial charge >= 0.3 is 11.9 Å². The molecule has 0 amide bonds. The molecule has 0 unspecified atom stereocenters. The van der Waals surface area contributed by atoms with Gasteiger partial charge in [0.25, 0.3) is 0 Å². The smallest absolute Gasteiger partial charge is 0.338 e. The number of esters is 1. The largest absolute Gasteiger partial charge is 0.481 e. The molecule has 0 aromatic carbocycles. The number of methoxy groups -OCH3 is 1. The van der Waals surface area contributed by atoms with Gasteiger partial charge in [0.15, 0.2) is 6.10 Å². The van der Waals surface area contributed by atoms with Crippen molar-refractivity contribution in [2.24, 2.45) is 23.7 Å². The molecular weight excluding hydrogens is 428 g/mol. The van der Waals surface area contributed by atoms with E-state index in [9.17, 15) is 24.6 Å². The van der Waals surface area contributed by atoms with Crippen LogP contribution in [-0.4, -0.2) is 64.6 Å². The van der Waals surface area contributed by atoms with Gasteiger partial charge in [0.2, 0.25) is 0 Å². The van der Waals surface area contributed by atoms with E-state index in [1.165, 1.54) is 13.2 Å². The number of aliphatic hydroxyl groups excluding tert-OH is 2. The molecule has 1 rings (SSSR count). The first-order chi connectivity index (χ1) is 15.4. The molecular formula is C25H40O8. The third-order valence-corrected chi connectivity index (χ3v) is 6.35. The number of allylic oxidation sites excluding steroid dienone is 2. The molecule has 33 heavy (non-hydrogen) atoms. The number of Topliss-reactive ketones (excluding diaryl/α,β-unsaturated/α-hetero) is 1. The van der Waals surface area contributed by atoms with Crippen molar-refractivity contribution >= 4 is 17.7 Å². The number of hydrogen-bond donors (Lipinski definition) is 3. The quantitative estimate of drug-likeness (QED) is 0.384. The van der Waals surface area contributed by atoms with Gasteiger partial charge in [0.1, 0.15) is 18.0 Å². The van der Waals surface area contributed by atoms with Crippen molar-refractivity contribution in [2.45, 2.75) is 84.7 Å². The molecule has 8 atom stereocenters. The maximum atomic E-state index is 13.2. The summed E-state index contributed by atoms with van der Waals surface area (Å²) in [4.78, 5) is 37.0. The Morgan fingerprint density at radius 3 is 2.33 bits per heavy atom. The summed E-state index contributed by atoms with van der Waals surface area (Å²) in [7, 11) is 1.35. The maximum absolute atomic E-state index is 13.2. The number of carboxylic acids is 1. The summed E-state index contributed by atoms with van der Waals surface area (Å²) >= 11 is 0. The van der Waals surface area contributed by atoms with Gasteiger partial charge in [-0.15, -0.1) is 0 Å². The van der Waals surface area contributed by atoms with E-state index in [2.05, 4.69) is 6.92 Å². The van der Waals surface area contributed by atoms with Gasteiger partial charge in [-0.1, -0.05) is 52.3 Å². The number of aliphatic carboxylic acids is 1. The van der Waals surface area contributed by atoms with Crippen LogP contribution < -0.4 is 0 Å². The molecule has 0 aromatic heterocycles. The summed E-state index contributed by atoms with van der Waals surface area (Å²) < 4.78 is 10.8. The number of carboxylic acid groups (broad SMARTS) is 1. The minimum Gasteiger partial charge on any atom is -0.481 e. The van der Waals surface area contributed by atoms with Crippen LogP contribution in [0.3, 0.4) is 0 Å². The standard InChI is InChI=1S/C25H40O8/c1-14-8-7-9-15(2)12-16(3)24(33-25(31)23(30)19(26)11-10-14)18(5)22(29)17(4)20(32-6)13-21(27)28/h10-12,14-15,17-20,23-24,26,30H,7-9,13H2,1-6H3,(H,27,28)/b11-10+,16-12+/t14-,15+,17-,18+,19-,20-,23-,24+/m1/s1.